The second kappa shape index (κ2) is 14.1. The molecule has 1 atom stereocenters. The van der Waals surface area contributed by atoms with E-state index in [1.165, 1.54) is 39.3 Å². The van der Waals surface area contributed by atoms with Gasteiger partial charge in [-0.1, -0.05) is 127 Å². The van der Waals surface area contributed by atoms with E-state index in [0.717, 1.165) is 80.3 Å². The van der Waals surface area contributed by atoms with Crippen molar-refractivity contribution in [2.24, 2.45) is 5.92 Å². The molecule has 1 unspecified atom stereocenters. The predicted molar refractivity (Wildman–Crippen MR) is 238 cm³/mol. The van der Waals surface area contributed by atoms with Crippen LogP contribution in [0.15, 0.2) is 164 Å². The Morgan fingerprint density at radius 1 is 0.534 bits per heavy atom. The lowest BCUT2D eigenvalue weighted by molar-refractivity contribution is 0.594. The predicted octanol–water partition coefficient (Wildman–Crippen LogP) is 13.1. The minimum Gasteiger partial charge on any atom is -0.256 e. The first kappa shape index (κ1) is 34.2. The molecule has 2 aliphatic rings. The topological polar surface area (TPSA) is 64.5 Å². The van der Waals surface area contributed by atoms with E-state index < -0.39 is 0 Å². The van der Waals surface area contributed by atoms with Gasteiger partial charge in [0.15, 0.2) is 17.5 Å². The molecule has 0 amide bonds. The Balaban J connectivity index is 1.03. The van der Waals surface area contributed by atoms with Crippen LogP contribution < -0.4 is 0 Å². The largest absolute Gasteiger partial charge is 0.256 e. The molecule has 9 aromatic rings. The highest BCUT2D eigenvalue weighted by atomic mass is 15.0. The summed E-state index contributed by atoms with van der Waals surface area (Å²) in [6.45, 7) is 2.20. The fourth-order valence-electron chi connectivity index (χ4n) is 9.01. The molecular formula is C53H39N5. The van der Waals surface area contributed by atoms with E-state index in [4.69, 9.17) is 24.9 Å². The Labute approximate surface area is 337 Å². The van der Waals surface area contributed by atoms with Crippen LogP contribution in [0.1, 0.15) is 36.1 Å². The maximum absolute atomic E-state index is 5.33. The number of pyridine rings is 2. The Bertz CT molecular complexity index is 3160. The van der Waals surface area contributed by atoms with Crippen LogP contribution in [-0.2, 0) is 6.42 Å². The average Bonchev–Trinajstić information content (AvgIpc) is 3.55. The van der Waals surface area contributed by atoms with Crippen molar-refractivity contribution in [2.75, 3.05) is 0 Å². The van der Waals surface area contributed by atoms with Crippen LogP contribution in [0.25, 0.3) is 94.6 Å². The van der Waals surface area contributed by atoms with E-state index >= 15 is 0 Å². The van der Waals surface area contributed by atoms with Gasteiger partial charge < -0.3 is 0 Å². The molecule has 5 nitrogen and oxygen atoms in total. The molecule has 6 aromatic carbocycles. The van der Waals surface area contributed by atoms with Crippen molar-refractivity contribution >= 4 is 38.0 Å². The van der Waals surface area contributed by atoms with Gasteiger partial charge in [-0.3, -0.25) is 4.98 Å². The number of fused-ring (bicyclic) bond motifs is 7. The van der Waals surface area contributed by atoms with E-state index in [9.17, 15) is 0 Å². The molecule has 0 saturated heterocycles. The average molecular weight is 746 g/mol. The van der Waals surface area contributed by atoms with Crippen LogP contribution in [0.3, 0.4) is 0 Å². The number of aryl methyl sites for hydroxylation is 2. The van der Waals surface area contributed by atoms with E-state index in [-0.39, 0.29) is 0 Å². The fourth-order valence-corrected chi connectivity index (χ4v) is 9.01. The van der Waals surface area contributed by atoms with Gasteiger partial charge in [-0.05, 0) is 113 Å². The molecule has 0 spiro atoms. The fraction of sp³-hybridized carbons (Fsp3) is 0.113. The molecule has 0 saturated carbocycles. The van der Waals surface area contributed by atoms with Gasteiger partial charge in [0.1, 0.15) is 0 Å². The molecule has 276 valence electrons. The highest BCUT2D eigenvalue weighted by Crippen LogP contribution is 2.40. The highest BCUT2D eigenvalue weighted by Gasteiger charge is 2.25. The van der Waals surface area contributed by atoms with Crippen molar-refractivity contribution in [3.8, 4) is 56.5 Å². The summed E-state index contributed by atoms with van der Waals surface area (Å²) < 4.78 is 0. The molecule has 2 aliphatic carbocycles. The van der Waals surface area contributed by atoms with Gasteiger partial charge in [0.05, 0.1) is 16.9 Å². The molecule has 0 bridgehead atoms. The Kier molecular flexibility index (Phi) is 8.32. The second-order valence-corrected chi connectivity index (χ2v) is 15.5. The molecule has 58 heavy (non-hydrogen) atoms. The Morgan fingerprint density at radius 2 is 1.22 bits per heavy atom. The first-order valence-corrected chi connectivity index (χ1v) is 20.2. The number of hydrogen-bond acceptors (Lipinski definition) is 5. The first-order valence-electron chi connectivity index (χ1n) is 20.2. The van der Waals surface area contributed by atoms with E-state index in [1.807, 2.05) is 12.3 Å². The van der Waals surface area contributed by atoms with Crippen LogP contribution >= 0.6 is 0 Å². The lowest BCUT2D eigenvalue weighted by atomic mass is 9.80. The third-order valence-electron chi connectivity index (χ3n) is 12.0. The second-order valence-electron chi connectivity index (χ2n) is 15.5. The molecular weight excluding hydrogens is 707 g/mol. The molecule has 0 radical (unpaired) electrons. The molecule has 11 rings (SSSR count). The molecule has 3 aromatic heterocycles. The van der Waals surface area contributed by atoms with Crippen molar-refractivity contribution in [3.05, 3.63) is 181 Å². The highest BCUT2D eigenvalue weighted by molar-refractivity contribution is 6.09. The molecule has 3 heterocycles. The van der Waals surface area contributed by atoms with E-state index in [2.05, 4.69) is 159 Å². The van der Waals surface area contributed by atoms with Gasteiger partial charge in [-0.2, -0.15) is 0 Å². The van der Waals surface area contributed by atoms with Crippen LogP contribution in [-0.4, -0.2) is 24.9 Å². The SMILES string of the molecule is Cc1c(-c2cccc(-c3nc(-c4cccc(-c5ccc6c(n5)C5=CCC=CCC5CC6)c4)nc(-c4ccc5ccccc5c4)n3)c2)ccc2ccc3cccnc3c12. The molecule has 0 N–H and O–H groups in total. The smallest absolute Gasteiger partial charge is 0.164 e. The minimum atomic E-state index is 0.540. The van der Waals surface area contributed by atoms with Crippen LogP contribution in [0, 0.1) is 12.8 Å². The molecule has 5 heteroatoms. The monoisotopic (exact) mass is 745 g/mol. The third-order valence-corrected chi connectivity index (χ3v) is 12.0. The Morgan fingerprint density at radius 3 is 2.07 bits per heavy atom. The van der Waals surface area contributed by atoms with Gasteiger partial charge >= 0.3 is 0 Å². The van der Waals surface area contributed by atoms with Crippen molar-refractivity contribution in [2.45, 2.75) is 32.6 Å². The first-order chi connectivity index (χ1) is 28.6. The summed E-state index contributed by atoms with van der Waals surface area (Å²) in [5.41, 5.74) is 13.2. The number of aromatic nitrogens is 5. The van der Waals surface area contributed by atoms with Crippen LogP contribution in [0.2, 0.25) is 0 Å². The summed E-state index contributed by atoms with van der Waals surface area (Å²) in [6.07, 6.45) is 13.2. The van der Waals surface area contributed by atoms with Gasteiger partial charge in [-0.25, -0.2) is 19.9 Å². The number of nitrogens with zero attached hydrogens (tertiary/aromatic N) is 5. The summed E-state index contributed by atoms with van der Waals surface area (Å²) >= 11 is 0. The summed E-state index contributed by atoms with van der Waals surface area (Å²) in [7, 11) is 0. The lowest BCUT2D eigenvalue weighted by Crippen LogP contribution is -2.14. The number of hydrogen-bond donors (Lipinski definition) is 0. The summed E-state index contributed by atoms with van der Waals surface area (Å²) in [5, 5.41) is 5.81. The maximum atomic E-state index is 5.33. The van der Waals surface area contributed by atoms with Gasteiger partial charge in [0.25, 0.3) is 0 Å². The third kappa shape index (κ3) is 6.07. The molecule has 0 fully saturated rings. The minimum absolute atomic E-state index is 0.540. The lowest BCUT2D eigenvalue weighted by Gasteiger charge is -2.26. The van der Waals surface area contributed by atoms with Crippen molar-refractivity contribution in [3.63, 3.8) is 0 Å². The number of allylic oxidation sites excluding steroid dienone is 4. The number of benzene rings is 6. The number of rotatable bonds is 5. The van der Waals surface area contributed by atoms with E-state index in [0.29, 0.717) is 23.4 Å². The van der Waals surface area contributed by atoms with E-state index in [1.54, 1.807) is 0 Å². The standard InChI is InChI=1S/C53H39N5/c1-33-45(27-25-36-21-23-37-17-9-29-54-50(37)48(33)36)40-13-7-15-42(31-40)51-56-52(58-53(57-51)44-24-19-34-10-5-6-12-39(34)30-44)43-16-8-14-41(32-43)47-28-26-38-22-20-35-11-3-2-4-18-46(35)49(38)55-47/h2-3,5-10,12-19,21,23-32,35H,4,11,20,22H2,1H3. The zero-order chi connectivity index (χ0) is 38.6. The van der Waals surface area contributed by atoms with Crippen molar-refractivity contribution in [1.29, 1.82) is 0 Å². The van der Waals surface area contributed by atoms with Crippen LogP contribution in [0.5, 0.6) is 0 Å². The zero-order valence-electron chi connectivity index (χ0n) is 32.2. The van der Waals surface area contributed by atoms with Gasteiger partial charge in [0.2, 0.25) is 0 Å². The van der Waals surface area contributed by atoms with Crippen molar-refractivity contribution < 1.29 is 0 Å². The maximum Gasteiger partial charge on any atom is 0.164 e. The summed E-state index contributed by atoms with van der Waals surface area (Å²) in [6, 6.07) is 49.2. The zero-order valence-corrected chi connectivity index (χ0v) is 32.2. The van der Waals surface area contributed by atoms with Crippen LogP contribution in [0.4, 0.5) is 0 Å². The normalized spacial score (nSPS) is 14.9. The van der Waals surface area contributed by atoms with Crippen molar-refractivity contribution in [1.82, 2.24) is 24.9 Å². The van der Waals surface area contributed by atoms with Gasteiger partial charge in [-0.15, -0.1) is 0 Å². The Hall–Kier alpha value is -7.11. The quantitative estimate of drug-likeness (QED) is 0.130. The van der Waals surface area contributed by atoms with Gasteiger partial charge in [0, 0.05) is 39.2 Å². The molecule has 0 aliphatic heterocycles. The summed E-state index contributed by atoms with van der Waals surface area (Å²) in [4.78, 5) is 25.7. The summed E-state index contributed by atoms with van der Waals surface area (Å²) in [5.74, 6) is 2.42.